The van der Waals surface area contributed by atoms with Crippen molar-refractivity contribution in [2.75, 3.05) is 13.7 Å². The molecule has 0 spiro atoms. The maximum absolute atomic E-state index is 12.0. The van der Waals surface area contributed by atoms with Crippen LogP contribution in [0.1, 0.15) is 5.56 Å². The highest BCUT2D eigenvalue weighted by atomic mass is 79.9. The highest BCUT2D eigenvalue weighted by Gasteiger charge is 2.09. The van der Waals surface area contributed by atoms with E-state index in [1.807, 2.05) is 54.6 Å². The lowest BCUT2D eigenvalue weighted by atomic mass is 10.1. The second-order valence-electron chi connectivity index (χ2n) is 5.60. The predicted octanol–water partition coefficient (Wildman–Crippen LogP) is 4.90. The van der Waals surface area contributed by atoms with Gasteiger partial charge in [-0.15, -0.1) is 0 Å². The molecule has 0 bridgehead atoms. The summed E-state index contributed by atoms with van der Waals surface area (Å²) in [6, 6.07) is 17.1. The van der Waals surface area contributed by atoms with Crippen molar-refractivity contribution in [2.45, 2.75) is 0 Å². The van der Waals surface area contributed by atoms with Crippen molar-refractivity contribution in [3.8, 4) is 11.5 Å². The van der Waals surface area contributed by atoms with Gasteiger partial charge in [0.05, 0.1) is 17.8 Å². The Hall–Kier alpha value is -2.38. The lowest BCUT2D eigenvalue weighted by molar-refractivity contribution is -0.123. The Balaban J connectivity index is 1.59. The molecule has 0 unspecified atom stereocenters. The van der Waals surface area contributed by atoms with Crippen LogP contribution in [-0.2, 0) is 4.79 Å². The van der Waals surface area contributed by atoms with E-state index in [-0.39, 0.29) is 12.5 Å². The monoisotopic (exact) mass is 490 g/mol. The molecule has 0 aromatic heterocycles. The minimum absolute atomic E-state index is 0.143. The number of hydrogen-bond acceptors (Lipinski definition) is 4. The molecule has 7 heteroatoms. The van der Waals surface area contributed by atoms with Crippen molar-refractivity contribution in [3.63, 3.8) is 0 Å². The smallest absolute Gasteiger partial charge is 0.277 e. The van der Waals surface area contributed by atoms with Crippen LogP contribution in [-0.4, -0.2) is 25.8 Å². The summed E-state index contributed by atoms with van der Waals surface area (Å²) in [7, 11) is 1.60. The van der Waals surface area contributed by atoms with Gasteiger partial charge in [-0.05, 0) is 62.6 Å². The van der Waals surface area contributed by atoms with Gasteiger partial charge in [0, 0.05) is 4.47 Å². The Morgan fingerprint density at radius 1 is 1.15 bits per heavy atom. The molecule has 138 valence electrons. The zero-order valence-electron chi connectivity index (χ0n) is 14.4. The number of carbonyl (C=O) groups excluding carboxylic acids is 1. The molecule has 0 aliphatic rings. The van der Waals surface area contributed by atoms with E-state index in [2.05, 4.69) is 42.4 Å². The van der Waals surface area contributed by atoms with E-state index in [1.165, 1.54) is 0 Å². The van der Waals surface area contributed by atoms with E-state index in [1.54, 1.807) is 13.3 Å². The van der Waals surface area contributed by atoms with Crippen LogP contribution < -0.4 is 14.9 Å². The van der Waals surface area contributed by atoms with Gasteiger partial charge >= 0.3 is 0 Å². The maximum atomic E-state index is 12.0. The SMILES string of the molecule is COc1cccc(/C=N/NC(=O)COc2ccc3cc(Br)ccc3c2Br)c1. The summed E-state index contributed by atoms with van der Waals surface area (Å²) >= 11 is 6.99. The molecular formula is C20H16Br2N2O3. The van der Waals surface area contributed by atoms with Gasteiger partial charge in [0.1, 0.15) is 11.5 Å². The van der Waals surface area contributed by atoms with Crippen molar-refractivity contribution in [1.82, 2.24) is 5.43 Å². The van der Waals surface area contributed by atoms with Crippen molar-refractivity contribution in [2.24, 2.45) is 5.10 Å². The average Bonchev–Trinajstić information content (AvgIpc) is 2.67. The Bertz CT molecular complexity index is 1010. The van der Waals surface area contributed by atoms with Crippen molar-refractivity contribution in [3.05, 3.63) is 69.1 Å². The van der Waals surface area contributed by atoms with Gasteiger partial charge in [-0.1, -0.05) is 40.2 Å². The first-order chi connectivity index (χ1) is 13.1. The fraction of sp³-hybridized carbons (Fsp3) is 0.100. The zero-order chi connectivity index (χ0) is 19.2. The number of amides is 1. The number of nitrogens with zero attached hydrogens (tertiary/aromatic N) is 1. The summed E-state index contributed by atoms with van der Waals surface area (Å²) in [4.78, 5) is 12.0. The third-order valence-corrected chi connectivity index (χ3v) is 5.05. The largest absolute Gasteiger partial charge is 0.497 e. The third-order valence-electron chi connectivity index (χ3n) is 3.74. The van der Waals surface area contributed by atoms with Crippen LogP contribution in [0.5, 0.6) is 11.5 Å². The molecule has 1 amide bonds. The number of fused-ring (bicyclic) bond motifs is 1. The zero-order valence-corrected chi connectivity index (χ0v) is 17.6. The summed E-state index contributed by atoms with van der Waals surface area (Å²) < 4.78 is 12.6. The molecule has 3 aromatic carbocycles. The normalized spacial score (nSPS) is 10.9. The van der Waals surface area contributed by atoms with Crippen molar-refractivity contribution < 1.29 is 14.3 Å². The highest BCUT2D eigenvalue weighted by Crippen LogP contribution is 2.34. The summed E-state index contributed by atoms with van der Waals surface area (Å²) in [5, 5.41) is 6.01. The summed E-state index contributed by atoms with van der Waals surface area (Å²) in [5.74, 6) is 0.968. The predicted molar refractivity (Wildman–Crippen MR) is 114 cm³/mol. The van der Waals surface area contributed by atoms with E-state index in [9.17, 15) is 4.79 Å². The van der Waals surface area contributed by atoms with Crippen LogP contribution in [0.4, 0.5) is 0 Å². The second-order valence-corrected chi connectivity index (χ2v) is 7.31. The Kier molecular flexibility index (Phi) is 6.47. The standard InChI is InChI=1S/C20H16Br2N2O3/c1-26-16-4-2-3-13(9-16)11-23-24-19(25)12-27-18-8-5-14-10-15(21)6-7-17(14)20(18)22/h2-11H,12H2,1H3,(H,24,25)/b23-11+. The van der Waals surface area contributed by atoms with Gasteiger partial charge < -0.3 is 9.47 Å². The van der Waals surface area contributed by atoms with Crippen LogP contribution in [0, 0.1) is 0 Å². The van der Waals surface area contributed by atoms with Gasteiger partial charge in [-0.25, -0.2) is 5.43 Å². The summed E-state index contributed by atoms with van der Waals surface area (Å²) in [6.07, 6.45) is 1.55. The molecule has 27 heavy (non-hydrogen) atoms. The Morgan fingerprint density at radius 2 is 2.00 bits per heavy atom. The number of halogens is 2. The van der Waals surface area contributed by atoms with Crippen LogP contribution >= 0.6 is 31.9 Å². The molecule has 0 heterocycles. The number of hydrogen-bond donors (Lipinski definition) is 1. The fourth-order valence-electron chi connectivity index (χ4n) is 2.43. The van der Waals surface area contributed by atoms with E-state index >= 15 is 0 Å². The van der Waals surface area contributed by atoms with Crippen molar-refractivity contribution in [1.29, 1.82) is 0 Å². The minimum Gasteiger partial charge on any atom is -0.497 e. The molecule has 0 atom stereocenters. The molecule has 3 aromatic rings. The molecule has 0 radical (unpaired) electrons. The minimum atomic E-state index is -0.350. The third kappa shape index (κ3) is 5.08. The number of methoxy groups -OCH3 is 1. The fourth-order valence-corrected chi connectivity index (χ4v) is 3.42. The lowest BCUT2D eigenvalue weighted by Crippen LogP contribution is -2.24. The number of hydrazone groups is 1. The van der Waals surface area contributed by atoms with Gasteiger partial charge in [0.2, 0.25) is 0 Å². The molecule has 0 saturated carbocycles. The Labute approximate surface area is 173 Å². The molecule has 1 N–H and O–H groups in total. The van der Waals surface area contributed by atoms with E-state index < -0.39 is 0 Å². The molecular weight excluding hydrogens is 476 g/mol. The van der Waals surface area contributed by atoms with Crippen molar-refractivity contribution >= 4 is 54.8 Å². The van der Waals surface area contributed by atoms with Crippen LogP contribution in [0.15, 0.2) is 68.6 Å². The van der Waals surface area contributed by atoms with E-state index in [0.29, 0.717) is 5.75 Å². The first kappa shape index (κ1) is 19.4. The maximum Gasteiger partial charge on any atom is 0.277 e. The van der Waals surface area contributed by atoms with Gasteiger partial charge in [0.25, 0.3) is 5.91 Å². The number of benzene rings is 3. The molecule has 5 nitrogen and oxygen atoms in total. The topological polar surface area (TPSA) is 59.9 Å². The summed E-state index contributed by atoms with van der Waals surface area (Å²) in [5.41, 5.74) is 3.26. The average molecular weight is 492 g/mol. The Morgan fingerprint density at radius 3 is 2.81 bits per heavy atom. The summed E-state index contributed by atoms with van der Waals surface area (Å²) in [6.45, 7) is -0.143. The van der Waals surface area contributed by atoms with Gasteiger partial charge in [-0.3, -0.25) is 4.79 Å². The molecule has 0 aliphatic carbocycles. The number of rotatable bonds is 6. The first-order valence-electron chi connectivity index (χ1n) is 8.03. The number of ether oxygens (including phenoxy) is 2. The van der Waals surface area contributed by atoms with E-state index in [4.69, 9.17) is 9.47 Å². The van der Waals surface area contributed by atoms with E-state index in [0.717, 1.165) is 31.0 Å². The van der Waals surface area contributed by atoms with Gasteiger partial charge in [-0.2, -0.15) is 5.10 Å². The van der Waals surface area contributed by atoms with Crippen LogP contribution in [0.2, 0.25) is 0 Å². The number of nitrogens with one attached hydrogen (secondary N) is 1. The quantitative estimate of drug-likeness (QED) is 0.394. The molecule has 0 fully saturated rings. The molecule has 0 aliphatic heterocycles. The highest BCUT2D eigenvalue weighted by molar-refractivity contribution is 9.11. The molecule has 0 saturated heterocycles. The molecule has 3 rings (SSSR count). The van der Waals surface area contributed by atoms with Crippen LogP contribution in [0.25, 0.3) is 10.8 Å². The first-order valence-corrected chi connectivity index (χ1v) is 9.62. The van der Waals surface area contributed by atoms with Gasteiger partial charge in [0.15, 0.2) is 6.61 Å². The number of carbonyl (C=O) groups is 1. The lowest BCUT2D eigenvalue weighted by Gasteiger charge is -2.10. The second kappa shape index (κ2) is 9.01. The van der Waals surface area contributed by atoms with Crippen LogP contribution in [0.3, 0.4) is 0 Å².